The van der Waals surface area contributed by atoms with Crippen molar-refractivity contribution >= 4 is 17.6 Å². The summed E-state index contributed by atoms with van der Waals surface area (Å²) in [5.74, 6) is 0.810. The maximum atomic E-state index is 11.1. The van der Waals surface area contributed by atoms with E-state index in [1.807, 2.05) is 23.6 Å². The van der Waals surface area contributed by atoms with Gasteiger partial charge in [-0.05, 0) is 30.8 Å². The van der Waals surface area contributed by atoms with Gasteiger partial charge in [0.15, 0.2) is 5.76 Å². The summed E-state index contributed by atoms with van der Waals surface area (Å²) in [4.78, 5) is 14.3. The van der Waals surface area contributed by atoms with E-state index in [-0.39, 0.29) is 6.04 Å². The molecule has 3 rings (SSSR count). The second-order valence-corrected chi connectivity index (χ2v) is 5.78. The van der Waals surface area contributed by atoms with Gasteiger partial charge in [-0.25, -0.2) is 0 Å². The zero-order chi connectivity index (χ0) is 13.1. The zero-order valence-corrected chi connectivity index (χ0v) is 11.4. The van der Waals surface area contributed by atoms with Gasteiger partial charge in [-0.1, -0.05) is 17.6 Å². The quantitative estimate of drug-likeness (QED) is 0.805. The second kappa shape index (κ2) is 5.67. The summed E-state index contributed by atoms with van der Waals surface area (Å²) in [6.45, 7) is 1.66. The summed E-state index contributed by atoms with van der Waals surface area (Å²) >= 11 is 1.64. The zero-order valence-electron chi connectivity index (χ0n) is 10.6. The van der Waals surface area contributed by atoms with Gasteiger partial charge >= 0.3 is 0 Å². The van der Waals surface area contributed by atoms with Gasteiger partial charge in [0.2, 0.25) is 0 Å². The van der Waals surface area contributed by atoms with Crippen LogP contribution in [0.3, 0.4) is 0 Å². The molecule has 0 radical (unpaired) electrons. The molecule has 3 heterocycles. The molecule has 2 aromatic heterocycles. The number of aldehydes is 1. The van der Waals surface area contributed by atoms with Crippen LogP contribution in [0, 0.1) is 0 Å². The molecule has 1 unspecified atom stereocenters. The van der Waals surface area contributed by atoms with Gasteiger partial charge < -0.3 is 9.32 Å². The lowest BCUT2D eigenvalue weighted by Crippen LogP contribution is -2.39. The summed E-state index contributed by atoms with van der Waals surface area (Å²) in [5, 5.41) is 6.13. The molecule has 1 atom stereocenters. The number of nitrogens with zero attached hydrogens (tertiary/aromatic N) is 2. The Bertz CT molecular complexity index is 535. The molecular weight excluding hydrogens is 260 g/mol. The lowest BCUT2D eigenvalue weighted by atomic mass is 10.0. The number of hydrogen-bond acceptors (Lipinski definition) is 5. The standard InChI is InChI=1S/C14H16N2O2S/c17-10-12-4-1-2-6-16(12)9-11-8-13(18-15-11)14-5-3-7-19-14/h3,5,7-8,10,12H,1-2,4,6,9H2. The Balaban J connectivity index is 1.71. The van der Waals surface area contributed by atoms with E-state index in [4.69, 9.17) is 4.52 Å². The molecule has 1 aliphatic heterocycles. The molecule has 0 aromatic carbocycles. The fourth-order valence-corrected chi connectivity index (χ4v) is 3.17. The molecule has 1 aliphatic rings. The number of rotatable bonds is 4. The Kier molecular flexibility index (Phi) is 3.75. The van der Waals surface area contributed by atoms with Crippen LogP contribution in [0.5, 0.6) is 0 Å². The molecule has 0 spiro atoms. The molecular formula is C14H16N2O2S. The van der Waals surface area contributed by atoms with Gasteiger partial charge in [-0.2, -0.15) is 0 Å². The molecule has 4 nitrogen and oxygen atoms in total. The molecule has 0 aliphatic carbocycles. The third-order valence-corrected chi connectivity index (χ3v) is 4.39. The first-order valence-electron chi connectivity index (χ1n) is 6.55. The predicted octanol–water partition coefficient (Wildman–Crippen LogP) is 2.96. The topological polar surface area (TPSA) is 46.3 Å². The Morgan fingerprint density at radius 1 is 1.53 bits per heavy atom. The van der Waals surface area contributed by atoms with Crippen LogP contribution in [-0.4, -0.2) is 28.9 Å². The molecule has 2 aromatic rings. The highest BCUT2D eigenvalue weighted by molar-refractivity contribution is 7.13. The van der Waals surface area contributed by atoms with Crippen LogP contribution in [-0.2, 0) is 11.3 Å². The molecule has 1 fully saturated rings. The van der Waals surface area contributed by atoms with E-state index in [0.29, 0.717) is 6.54 Å². The minimum absolute atomic E-state index is 0.0376. The van der Waals surface area contributed by atoms with E-state index < -0.39 is 0 Å². The monoisotopic (exact) mass is 276 g/mol. The fourth-order valence-electron chi connectivity index (χ4n) is 2.50. The van der Waals surface area contributed by atoms with Gasteiger partial charge in [-0.3, -0.25) is 4.90 Å². The number of aromatic nitrogens is 1. The first-order chi connectivity index (χ1) is 9.36. The average Bonchev–Trinajstić information content (AvgIpc) is 3.09. The summed E-state index contributed by atoms with van der Waals surface area (Å²) in [6, 6.07) is 6.03. The fraction of sp³-hybridized carbons (Fsp3) is 0.429. The van der Waals surface area contributed by atoms with Gasteiger partial charge in [0.05, 0.1) is 16.6 Å². The highest BCUT2D eigenvalue weighted by Crippen LogP contribution is 2.26. The SMILES string of the molecule is O=CC1CCCCN1Cc1cc(-c2cccs2)on1. The van der Waals surface area contributed by atoms with Crippen molar-refractivity contribution in [1.82, 2.24) is 10.1 Å². The smallest absolute Gasteiger partial charge is 0.177 e. The highest BCUT2D eigenvalue weighted by atomic mass is 32.1. The van der Waals surface area contributed by atoms with Crippen molar-refractivity contribution in [3.8, 4) is 10.6 Å². The molecule has 0 saturated carbocycles. The van der Waals surface area contributed by atoms with E-state index >= 15 is 0 Å². The van der Waals surface area contributed by atoms with Crippen molar-refractivity contribution in [2.24, 2.45) is 0 Å². The summed E-state index contributed by atoms with van der Waals surface area (Å²) in [6.07, 6.45) is 4.30. The average molecular weight is 276 g/mol. The largest absolute Gasteiger partial charge is 0.355 e. The first-order valence-corrected chi connectivity index (χ1v) is 7.43. The molecule has 0 amide bonds. The van der Waals surface area contributed by atoms with Gasteiger partial charge in [0.25, 0.3) is 0 Å². The Labute approximate surface area is 116 Å². The highest BCUT2D eigenvalue weighted by Gasteiger charge is 2.23. The van der Waals surface area contributed by atoms with Gasteiger partial charge in [-0.15, -0.1) is 11.3 Å². The summed E-state index contributed by atoms with van der Waals surface area (Å²) in [5.41, 5.74) is 0.900. The van der Waals surface area contributed by atoms with Crippen LogP contribution in [0.1, 0.15) is 25.0 Å². The first kappa shape index (κ1) is 12.6. The number of thiophene rings is 1. The van der Waals surface area contributed by atoms with Crippen LogP contribution in [0.2, 0.25) is 0 Å². The van der Waals surface area contributed by atoms with E-state index in [1.165, 1.54) is 0 Å². The maximum Gasteiger partial charge on any atom is 0.177 e. The predicted molar refractivity (Wildman–Crippen MR) is 73.9 cm³/mol. The van der Waals surface area contributed by atoms with Crippen LogP contribution >= 0.6 is 11.3 Å². The molecule has 0 N–H and O–H groups in total. The lowest BCUT2D eigenvalue weighted by Gasteiger charge is -2.31. The minimum Gasteiger partial charge on any atom is -0.355 e. The Morgan fingerprint density at radius 3 is 3.26 bits per heavy atom. The normalized spacial score (nSPS) is 20.5. The molecule has 19 heavy (non-hydrogen) atoms. The van der Waals surface area contributed by atoms with E-state index in [0.717, 1.165) is 48.4 Å². The molecule has 100 valence electrons. The molecule has 0 bridgehead atoms. The maximum absolute atomic E-state index is 11.1. The van der Waals surface area contributed by atoms with Crippen LogP contribution in [0.15, 0.2) is 28.1 Å². The van der Waals surface area contributed by atoms with Gasteiger partial charge in [0, 0.05) is 12.6 Å². The Hall–Kier alpha value is -1.46. The lowest BCUT2D eigenvalue weighted by molar-refractivity contribution is -0.113. The van der Waals surface area contributed by atoms with E-state index in [9.17, 15) is 4.79 Å². The van der Waals surface area contributed by atoms with Gasteiger partial charge in [0.1, 0.15) is 6.29 Å². The minimum atomic E-state index is 0.0376. The summed E-state index contributed by atoms with van der Waals surface area (Å²) in [7, 11) is 0. The summed E-state index contributed by atoms with van der Waals surface area (Å²) < 4.78 is 5.36. The third kappa shape index (κ3) is 2.77. The van der Waals surface area contributed by atoms with Crippen molar-refractivity contribution in [2.75, 3.05) is 6.54 Å². The second-order valence-electron chi connectivity index (χ2n) is 4.83. The number of piperidine rings is 1. The third-order valence-electron chi connectivity index (χ3n) is 3.51. The van der Waals surface area contributed by atoms with Crippen molar-refractivity contribution in [1.29, 1.82) is 0 Å². The van der Waals surface area contributed by atoms with Crippen molar-refractivity contribution in [3.05, 3.63) is 29.3 Å². The Morgan fingerprint density at radius 2 is 2.47 bits per heavy atom. The van der Waals surface area contributed by atoms with Crippen molar-refractivity contribution < 1.29 is 9.32 Å². The van der Waals surface area contributed by atoms with E-state index in [1.54, 1.807) is 11.3 Å². The van der Waals surface area contributed by atoms with Crippen molar-refractivity contribution in [3.63, 3.8) is 0 Å². The molecule has 5 heteroatoms. The van der Waals surface area contributed by atoms with Crippen LogP contribution < -0.4 is 0 Å². The van der Waals surface area contributed by atoms with Crippen molar-refractivity contribution in [2.45, 2.75) is 31.8 Å². The number of carbonyl (C=O) groups is 1. The number of carbonyl (C=O) groups excluding carboxylic acids is 1. The van der Waals surface area contributed by atoms with E-state index in [2.05, 4.69) is 10.1 Å². The van der Waals surface area contributed by atoms with Crippen LogP contribution in [0.4, 0.5) is 0 Å². The molecule has 1 saturated heterocycles. The van der Waals surface area contributed by atoms with Crippen LogP contribution in [0.25, 0.3) is 10.6 Å². The number of likely N-dealkylation sites (tertiary alicyclic amines) is 1. The number of hydrogen-bond donors (Lipinski definition) is 0.